The molecule has 152 valence electrons. The zero-order chi connectivity index (χ0) is 20.5. The summed E-state index contributed by atoms with van der Waals surface area (Å²) in [5.74, 6) is -0.530. The van der Waals surface area contributed by atoms with Gasteiger partial charge in [-0.3, -0.25) is 9.59 Å². The van der Waals surface area contributed by atoms with Gasteiger partial charge in [0, 0.05) is 44.8 Å². The fraction of sp³-hybridized carbons (Fsp3) is 0.391. The van der Waals surface area contributed by atoms with Gasteiger partial charge in [0.05, 0.1) is 11.6 Å². The number of anilines is 2. The van der Waals surface area contributed by atoms with Crippen LogP contribution in [0.2, 0.25) is 0 Å². The predicted octanol–water partition coefficient (Wildman–Crippen LogP) is 3.14. The van der Waals surface area contributed by atoms with Crippen LogP contribution in [0.15, 0.2) is 42.5 Å². The summed E-state index contributed by atoms with van der Waals surface area (Å²) in [5, 5.41) is 0. The zero-order valence-electron chi connectivity index (χ0n) is 16.9. The molecule has 0 aromatic heterocycles. The third-order valence-electron chi connectivity index (χ3n) is 5.78. The molecule has 0 saturated carbocycles. The highest BCUT2D eigenvalue weighted by Gasteiger charge is 2.38. The van der Waals surface area contributed by atoms with E-state index in [-0.39, 0.29) is 30.0 Å². The molecule has 2 fully saturated rings. The van der Waals surface area contributed by atoms with E-state index in [4.69, 9.17) is 0 Å². The molecule has 2 aliphatic rings. The van der Waals surface area contributed by atoms with Crippen LogP contribution in [0.5, 0.6) is 0 Å². The van der Waals surface area contributed by atoms with Gasteiger partial charge in [0.25, 0.3) is 0 Å². The maximum Gasteiger partial charge on any atom is 0.228 e. The molecule has 2 saturated heterocycles. The molecular formula is C23H26FN3O2. The minimum Gasteiger partial charge on any atom is -0.366 e. The first kappa shape index (κ1) is 19.4. The number of hydrogen-bond acceptors (Lipinski definition) is 3. The van der Waals surface area contributed by atoms with Crippen molar-refractivity contribution in [3.05, 3.63) is 59.4 Å². The second-order valence-corrected chi connectivity index (χ2v) is 8.02. The Morgan fingerprint density at radius 1 is 1.00 bits per heavy atom. The predicted molar refractivity (Wildman–Crippen MR) is 112 cm³/mol. The van der Waals surface area contributed by atoms with Gasteiger partial charge in [-0.05, 0) is 49.2 Å². The van der Waals surface area contributed by atoms with E-state index in [0.717, 1.165) is 16.8 Å². The van der Waals surface area contributed by atoms with E-state index in [9.17, 15) is 14.0 Å². The average Bonchev–Trinajstić information content (AvgIpc) is 3.09. The van der Waals surface area contributed by atoms with Crippen LogP contribution in [0.3, 0.4) is 0 Å². The van der Waals surface area contributed by atoms with Gasteiger partial charge in [0.1, 0.15) is 5.82 Å². The molecular weight excluding hydrogens is 369 g/mol. The van der Waals surface area contributed by atoms with E-state index in [1.165, 1.54) is 6.07 Å². The first-order chi connectivity index (χ1) is 13.9. The summed E-state index contributed by atoms with van der Waals surface area (Å²) in [5.41, 5.74) is 3.66. The lowest BCUT2D eigenvalue weighted by Gasteiger charge is -2.37. The number of rotatable bonds is 3. The number of hydrogen-bond donors (Lipinski definition) is 0. The van der Waals surface area contributed by atoms with Gasteiger partial charge >= 0.3 is 0 Å². The Labute approximate surface area is 170 Å². The molecule has 0 radical (unpaired) electrons. The summed E-state index contributed by atoms with van der Waals surface area (Å²) in [6.07, 6.45) is 0.249. The summed E-state index contributed by atoms with van der Waals surface area (Å²) in [6, 6.07) is 12.8. The Morgan fingerprint density at radius 3 is 2.31 bits per heavy atom. The number of benzene rings is 2. The maximum atomic E-state index is 14.0. The SMILES string of the molecule is Cc1cc(C)cc(N2CC(C(=O)N3CCN(c4ccccc4F)CC3)CC2=O)c1. The van der Waals surface area contributed by atoms with Crippen molar-refractivity contribution in [3.8, 4) is 0 Å². The van der Waals surface area contributed by atoms with Gasteiger partial charge < -0.3 is 14.7 Å². The van der Waals surface area contributed by atoms with Crippen LogP contribution in [-0.2, 0) is 9.59 Å². The third kappa shape index (κ3) is 3.97. The van der Waals surface area contributed by atoms with E-state index in [2.05, 4.69) is 6.07 Å². The van der Waals surface area contributed by atoms with Crippen molar-refractivity contribution >= 4 is 23.2 Å². The fourth-order valence-corrected chi connectivity index (χ4v) is 4.36. The summed E-state index contributed by atoms with van der Waals surface area (Å²) in [4.78, 5) is 31.1. The van der Waals surface area contributed by atoms with Crippen LogP contribution in [0.25, 0.3) is 0 Å². The largest absolute Gasteiger partial charge is 0.366 e. The molecule has 2 aromatic rings. The second kappa shape index (κ2) is 7.85. The summed E-state index contributed by atoms with van der Waals surface area (Å²) >= 11 is 0. The minimum absolute atomic E-state index is 0.00153. The monoisotopic (exact) mass is 395 g/mol. The molecule has 2 aliphatic heterocycles. The maximum absolute atomic E-state index is 14.0. The topological polar surface area (TPSA) is 43.9 Å². The Balaban J connectivity index is 1.39. The van der Waals surface area contributed by atoms with Gasteiger partial charge in [0.2, 0.25) is 11.8 Å². The standard InChI is InChI=1S/C23H26FN3O2/c1-16-11-17(2)13-19(12-16)27-15-18(14-22(27)28)23(29)26-9-7-25(8-10-26)21-6-4-3-5-20(21)24/h3-6,11-13,18H,7-10,14-15H2,1-2H3. The van der Waals surface area contributed by atoms with Crippen LogP contribution in [0.1, 0.15) is 17.5 Å². The normalized spacial score (nSPS) is 19.8. The lowest BCUT2D eigenvalue weighted by molar-refractivity contribution is -0.136. The van der Waals surface area contributed by atoms with Crippen molar-refractivity contribution in [1.82, 2.24) is 4.90 Å². The van der Waals surface area contributed by atoms with Crippen LogP contribution in [0.4, 0.5) is 15.8 Å². The Bertz CT molecular complexity index is 917. The number of amides is 2. The second-order valence-electron chi connectivity index (χ2n) is 8.02. The number of halogens is 1. The van der Waals surface area contributed by atoms with Crippen molar-refractivity contribution in [1.29, 1.82) is 0 Å². The first-order valence-corrected chi connectivity index (χ1v) is 10.1. The number of piperazine rings is 1. The van der Waals surface area contributed by atoms with E-state index in [1.807, 2.05) is 41.8 Å². The smallest absolute Gasteiger partial charge is 0.228 e. The van der Waals surface area contributed by atoms with Crippen LogP contribution in [-0.4, -0.2) is 49.4 Å². The van der Waals surface area contributed by atoms with Crippen molar-refractivity contribution in [2.24, 2.45) is 5.92 Å². The molecule has 0 bridgehead atoms. The highest BCUT2D eigenvalue weighted by atomic mass is 19.1. The van der Waals surface area contributed by atoms with E-state index in [0.29, 0.717) is 38.4 Å². The van der Waals surface area contributed by atoms with E-state index < -0.39 is 0 Å². The minimum atomic E-state index is -0.316. The van der Waals surface area contributed by atoms with Crippen molar-refractivity contribution in [2.45, 2.75) is 20.3 Å². The fourth-order valence-electron chi connectivity index (χ4n) is 4.36. The highest BCUT2D eigenvalue weighted by Crippen LogP contribution is 2.28. The lowest BCUT2D eigenvalue weighted by Crippen LogP contribution is -2.51. The third-order valence-corrected chi connectivity index (χ3v) is 5.78. The van der Waals surface area contributed by atoms with Crippen molar-refractivity contribution in [2.75, 3.05) is 42.5 Å². The summed E-state index contributed by atoms with van der Waals surface area (Å²) in [6.45, 7) is 6.71. The molecule has 0 spiro atoms. The number of carbonyl (C=O) groups excluding carboxylic acids is 2. The van der Waals surface area contributed by atoms with Crippen molar-refractivity contribution < 1.29 is 14.0 Å². The number of aryl methyl sites for hydroxylation is 2. The van der Waals surface area contributed by atoms with Crippen LogP contribution < -0.4 is 9.80 Å². The molecule has 2 aromatic carbocycles. The molecule has 0 N–H and O–H groups in total. The molecule has 4 rings (SSSR count). The van der Waals surface area contributed by atoms with Gasteiger partial charge in [0.15, 0.2) is 0 Å². The quantitative estimate of drug-likeness (QED) is 0.802. The molecule has 29 heavy (non-hydrogen) atoms. The number of nitrogens with zero attached hydrogens (tertiary/aromatic N) is 3. The first-order valence-electron chi connectivity index (χ1n) is 10.1. The molecule has 1 atom stereocenters. The van der Waals surface area contributed by atoms with Gasteiger partial charge in [-0.25, -0.2) is 4.39 Å². The van der Waals surface area contributed by atoms with Crippen LogP contribution in [0, 0.1) is 25.6 Å². The Morgan fingerprint density at radius 2 is 1.66 bits per heavy atom. The average molecular weight is 395 g/mol. The van der Waals surface area contributed by atoms with Gasteiger partial charge in [-0.2, -0.15) is 0 Å². The Hall–Kier alpha value is -2.89. The van der Waals surface area contributed by atoms with Crippen LogP contribution >= 0.6 is 0 Å². The molecule has 0 aliphatic carbocycles. The van der Waals surface area contributed by atoms with E-state index in [1.54, 1.807) is 17.0 Å². The number of carbonyl (C=O) groups is 2. The van der Waals surface area contributed by atoms with Gasteiger partial charge in [-0.1, -0.05) is 18.2 Å². The molecule has 2 amide bonds. The van der Waals surface area contributed by atoms with Crippen molar-refractivity contribution in [3.63, 3.8) is 0 Å². The summed E-state index contributed by atoms with van der Waals surface area (Å²) in [7, 11) is 0. The molecule has 2 heterocycles. The van der Waals surface area contributed by atoms with E-state index >= 15 is 0 Å². The number of para-hydroxylation sites is 1. The lowest BCUT2D eigenvalue weighted by atomic mass is 10.1. The summed E-state index contributed by atoms with van der Waals surface area (Å²) < 4.78 is 14.0. The Kier molecular flexibility index (Phi) is 5.26. The van der Waals surface area contributed by atoms with Gasteiger partial charge in [-0.15, -0.1) is 0 Å². The molecule has 5 nitrogen and oxygen atoms in total. The zero-order valence-corrected chi connectivity index (χ0v) is 16.9. The molecule has 1 unspecified atom stereocenters. The highest BCUT2D eigenvalue weighted by molar-refractivity contribution is 6.00. The molecule has 6 heteroatoms.